The lowest BCUT2D eigenvalue weighted by molar-refractivity contribution is -0.140. The highest BCUT2D eigenvalue weighted by atomic mass is 16.3. The van der Waals surface area contributed by atoms with Gasteiger partial charge in [0.05, 0.1) is 0 Å². The molecule has 0 saturated carbocycles. The summed E-state index contributed by atoms with van der Waals surface area (Å²) in [7, 11) is 0. The number of carbonyl (C=O) groups excluding carboxylic acids is 3. The Labute approximate surface area is 185 Å². The average Bonchev–Trinajstić information content (AvgIpc) is 2.72. The number of likely N-dealkylation sites (N-methyl/N-ethyl adjacent to an activating group) is 1. The van der Waals surface area contributed by atoms with Crippen molar-refractivity contribution in [3.05, 3.63) is 68.1 Å². The van der Waals surface area contributed by atoms with Crippen LogP contribution in [0.15, 0.2) is 45.8 Å². The Morgan fingerprint density at radius 1 is 1.09 bits per heavy atom. The van der Waals surface area contributed by atoms with Gasteiger partial charge in [-0.15, -0.1) is 0 Å². The molecular formula is C23H24N4O5. The van der Waals surface area contributed by atoms with Gasteiger partial charge in [0.1, 0.15) is 17.2 Å². The summed E-state index contributed by atoms with van der Waals surface area (Å²) in [6.07, 6.45) is 7.58. The second kappa shape index (κ2) is 9.75. The first kappa shape index (κ1) is 24.1. The van der Waals surface area contributed by atoms with Gasteiger partial charge in [-0.3, -0.25) is 28.6 Å². The van der Waals surface area contributed by atoms with Crippen LogP contribution in [0, 0.1) is 18.3 Å². The van der Waals surface area contributed by atoms with E-state index in [2.05, 4.69) is 0 Å². The summed E-state index contributed by atoms with van der Waals surface area (Å²) >= 11 is 0. The average molecular weight is 436 g/mol. The molecule has 0 unspecified atom stereocenters. The molecule has 0 atom stereocenters. The van der Waals surface area contributed by atoms with Gasteiger partial charge in [-0.1, -0.05) is 18.2 Å². The maximum absolute atomic E-state index is 12.6. The second-order valence-corrected chi connectivity index (χ2v) is 6.94. The molecule has 3 amide bonds. The van der Waals surface area contributed by atoms with E-state index in [0.717, 1.165) is 9.47 Å². The number of imide groups is 1. The summed E-state index contributed by atoms with van der Waals surface area (Å²) < 4.78 is 1.05. The van der Waals surface area contributed by atoms with Crippen molar-refractivity contribution in [3.8, 4) is 11.9 Å². The zero-order valence-corrected chi connectivity index (χ0v) is 18.3. The Morgan fingerprint density at radius 2 is 1.75 bits per heavy atom. The predicted molar refractivity (Wildman–Crippen MR) is 118 cm³/mol. The van der Waals surface area contributed by atoms with Crippen molar-refractivity contribution in [1.29, 1.82) is 5.26 Å². The highest BCUT2D eigenvalue weighted by Crippen LogP contribution is 2.25. The molecule has 0 saturated heterocycles. The minimum atomic E-state index is -0.849. The van der Waals surface area contributed by atoms with Crippen molar-refractivity contribution < 1.29 is 19.5 Å². The van der Waals surface area contributed by atoms with Crippen molar-refractivity contribution in [2.24, 2.45) is 5.73 Å². The van der Waals surface area contributed by atoms with Gasteiger partial charge in [0.25, 0.3) is 23.3 Å². The van der Waals surface area contributed by atoms with Crippen LogP contribution in [0.25, 0.3) is 6.08 Å². The van der Waals surface area contributed by atoms with E-state index in [4.69, 9.17) is 5.73 Å². The quantitative estimate of drug-likeness (QED) is 0.394. The van der Waals surface area contributed by atoms with Gasteiger partial charge in [-0.2, -0.15) is 5.26 Å². The molecule has 2 heterocycles. The molecule has 166 valence electrons. The molecular weight excluding hydrogens is 412 g/mol. The predicted octanol–water partition coefficient (Wildman–Crippen LogP) is 1.71. The molecule has 0 bridgehead atoms. The van der Waals surface area contributed by atoms with E-state index in [0.29, 0.717) is 5.57 Å². The highest BCUT2D eigenvalue weighted by molar-refractivity contribution is 6.18. The molecule has 3 N–H and O–H groups in total. The molecule has 1 aliphatic rings. The van der Waals surface area contributed by atoms with Gasteiger partial charge >= 0.3 is 0 Å². The monoisotopic (exact) mass is 436 g/mol. The summed E-state index contributed by atoms with van der Waals surface area (Å²) in [6, 6.07) is 1.85. The summed E-state index contributed by atoms with van der Waals surface area (Å²) in [6.45, 7) is 6.64. The third-order valence-corrected chi connectivity index (χ3v) is 5.19. The lowest BCUT2D eigenvalue weighted by atomic mass is 9.95. The van der Waals surface area contributed by atoms with E-state index in [9.17, 15) is 29.5 Å². The van der Waals surface area contributed by atoms with E-state index in [1.807, 2.05) is 6.07 Å². The molecule has 0 radical (unpaired) electrons. The molecule has 0 fully saturated rings. The number of amides is 3. The minimum Gasteiger partial charge on any atom is -0.494 e. The Kier molecular flexibility index (Phi) is 7.33. The van der Waals surface area contributed by atoms with Gasteiger partial charge in [-0.25, -0.2) is 0 Å². The summed E-state index contributed by atoms with van der Waals surface area (Å²) in [5.74, 6) is -2.42. The smallest absolute Gasteiger partial charge is 0.271 e. The van der Waals surface area contributed by atoms with E-state index in [-0.39, 0.29) is 40.9 Å². The number of rotatable bonds is 6. The Balaban J connectivity index is 2.45. The molecule has 1 aromatic rings. The van der Waals surface area contributed by atoms with Crippen molar-refractivity contribution in [2.75, 3.05) is 6.54 Å². The molecule has 1 aromatic heterocycles. The largest absolute Gasteiger partial charge is 0.494 e. The molecule has 32 heavy (non-hydrogen) atoms. The van der Waals surface area contributed by atoms with E-state index in [1.54, 1.807) is 19.9 Å². The van der Waals surface area contributed by atoms with Crippen LogP contribution >= 0.6 is 0 Å². The minimum absolute atomic E-state index is 0.0829. The molecule has 9 heteroatoms. The Hall–Kier alpha value is -4.19. The number of carbonyl (C=O) groups is 3. The number of hydrogen-bond acceptors (Lipinski definition) is 6. The van der Waals surface area contributed by atoms with E-state index >= 15 is 0 Å². The topological polar surface area (TPSA) is 146 Å². The number of pyridine rings is 1. The SMILES string of the molecule is CCN1C(=O)C(C#N)=C(C)/C(=C/C=CC=Cc2c(C)c(C(N)=O)c(O)n(CC)c2=O)C1=O. The molecule has 9 nitrogen and oxygen atoms in total. The standard InChI is InChI=1S/C23H24N4O5/c1-5-26-20(29)15(13(3)17(12-24)22(26)31)10-8-7-9-11-16-14(4)18(19(25)28)23(32)27(6-2)21(16)30/h7-11,32H,5-6H2,1-4H3,(H2,25,28)/b8-7?,11-9?,15-10-. The van der Waals surface area contributed by atoms with Crippen LogP contribution in [-0.2, 0) is 16.1 Å². The number of aromatic nitrogens is 1. The number of hydrogen-bond donors (Lipinski definition) is 2. The fourth-order valence-corrected chi connectivity index (χ4v) is 3.43. The molecule has 2 rings (SSSR count). The van der Waals surface area contributed by atoms with Crippen LogP contribution < -0.4 is 11.3 Å². The van der Waals surface area contributed by atoms with Crippen LogP contribution in [0.5, 0.6) is 5.88 Å². The first-order valence-electron chi connectivity index (χ1n) is 9.90. The maximum Gasteiger partial charge on any atom is 0.271 e. The summed E-state index contributed by atoms with van der Waals surface area (Å²) in [5.41, 5.74) is 5.63. The maximum atomic E-state index is 12.6. The van der Waals surface area contributed by atoms with E-state index in [1.165, 1.54) is 38.2 Å². The fraction of sp³-hybridized carbons (Fsp3) is 0.261. The number of nitrogens with two attached hydrogens (primary N) is 1. The number of nitriles is 1. The summed E-state index contributed by atoms with van der Waals surface area (Å²) in [4.78, 5) is 50.1. The van der Waals surface area contributed by atoms with E-state index < -0.39 is 29.2 Å². The van der Waals surface area contributed by atoms with Crippen LogP contribution in [0.4, 0.5) is 0 Å². The lowest BCUT2D eigenvalue weighted by Gasteiger charge is -2.25. The van der Waals surface area contributed by atoms with Crippen LogP contribution in [-0.4, -0.2) is 38.8 Å². The zero-order chi connectivity index (χ0) is 24.2. The molecule has 1 aliphatic heterocycles. The Bertz CT molecular complexity index is 1220. The van der Waals surface area contributed by atoms with Gasteiger partial charge < -0.3 is 10.8 Å². The lowest BCUT2D eigenvalue weighted by Crippen LogP contribution is -2.42. The third kappa shape index (κ3) is 4.16. The van der Waals surface area contributed by atoms with Crippen LogP contribution in [0.1, 0.15) is 42.3 Å². The first-order chi connectivity index (χ1) is 15.1. The first-order valence-corrected chi connectivity index (χ1v) is 9.90. The van der Waals surface area contributed by atoms with Crippen LogP contribution in [0.2, 0.25) is 0 Å². The molecule has 0 aliphatic carbocycles. The number of aromatic hydroxyl groups is 1. The zero-order valence-electron chi connectivity index (χ0n) is 18.3. The molecule has 0 aromatic carbocycles. The van der Waals surface area contributed by atoms with Crippen molar-refractivity contribution >= 4 is 23.8 Å². The van der Waals surface area contributed by atoms with Crippen molar-refractivity contribution in [3.63, 3.8) is 0 Å². The fourth-order valence-electron chi connectivity index (χ4n) is 3.43. The number of nitrogens with zero attached hydrogens (tertiary/aromatic N) is 3. The molecule has 0 spiro atoms. The Morgan fingerprint density at radius 3 is 2.28 bits per heavy atom. The highest BCUT2D eigenvalue weighted by Gasteiger charge is 2.33. The van der Waals surface area contributed by atoms with Crippen LogP contribution in [0.3, 0.4) is 0 Å². The second-order valence-electron chi connectivity index (χ2n) is 6.94. The summed E-state index contributed by atoms with van der Waals surface area (Å²) in [5, 5.41) is 19.4. The van der Waals surface area contributed by atoms with Crippen molar-refractivity contribution in [1.82, 2.24) is 9.47 Å². The van der Waals surface area contributed by atoms with Gasteiger partial charge in [0.15, 0.2) is 0 Å². The number of allylic oxidation sites excluding steroid dienone is 4. The third-order valence-electron chi connectivity index (χ3n) is 5.19. The van der Waals surface area contributed by atoms with Crippen molar-refractivity contribution in [2.45, 2.75) is 34.2 Å². The van der Waals surface area contributed by atoms with Gasteiger partial charge in [0, 0.05) is 24.2 Å². The number of primary amides is 1. The van der Waals surface area contributed by atoms with Gasteiger partial charge in [0.2, 0.25) is 5.88 Å². The normalized spacial score (nSPS) is 16.0. The van der Waals surface area contributed by atoms with Gasteiger partial charge in [-0.05, 0) is 51.0 Å².